The topological polar surface area (TPSA) is 12.5 Å². The Bertz CT molecular complexity index is 543. The molecule has 3 rings (SSSR count). The van der Waals surface area contributed by atoms with Gasteiger partial charge in [0, 0.05) is 18.7 Å². The maximum atomic E-state index is 13.2. The largest absolute Gasteiger partial charge is 0.489 e. The Kier molecular flexibility index (Phi) is 3.36. The smallest absolute Gasteiger partial charge is 0.125 e. The first-order valence-corrected chi connectivity index (χ1v) is 6.53. The highest BCUT2D eigenvalue weighted by Crippen LogP contribution is 2.23. The Morgan fingerprint density at radius 1 is 1.05 bits per heavy atom. The van der Waals surface area contributed by atoms with Crippen molar-refractivity contribution in [3.05, 3.63) is 60.4 Å². The summed E-state index contributed by atoms with van der Waals surface area (Å²) in [5.74, 6) is 0.707. The molecule has 2 aromatic carbocycles. The van der Waals surface area contributed by atoms with Crippen LogP contribution < -0.4 is 9.64 Å². The van der Waals surface area contributed by atoms with E-state index in [2.05, 4.69) is 4.90 Å². The molecule has 1 saturated heterocycles. The number of ether oxygens (including phenoxy) is 1. The normalized spacial score (nSPS) is 18.6. The summed E-state index contributed by atoms with van der Waals surface area (Å²) in [7, 11) is 0. The summed E-state index contributed by atoms with van der Waals surface area (Å²) in [5, 5.41) is 0. The van der Waals surface area contributed by atoms with Gasteiger partial charge in [0.1, 0.15) is 17.7 Å². The van der Waals surface area contributed by atoms with E-state index in [0.717, 1.165) is 30.9 Å². The Labute approximate surface area is 112 Å². The summed E-state index contributed by atoms with van der Waals surface area (Å²) in [6, 6.07) is 16.6. The van der Waals surface area contributed by atoms with Crippen LogP contribution in [0.25, 0.3) is 0 Å². The predicted octanol–water partition coefficient (Wildman–Crippen LogP) is 3.48. The van der Waals surface area contributed by atoms with Crippen LogP contribution in [-0.2, 0) is 0 Å². The minimum Gasteiger partial charge on any atom is -0.489 e. The lowest BCUT2D eigenvalue weighted by Gasteiger charge is -2.19. The van der Waals surface area contributed by atoms with E-state index in [1.807, 2.05) is 36.4 Å². The van der Waals surface area contributed by atoms with Crippen molar-refractivity contribution in [3.8, 4) is 5.75 Å². The molecule has 1 aliphatic heterocycles. The molecule has 0 radical (unpaired) electrons. The fourth-order valence-corrected chi connectivity index (χ4v) is 2.42. The van der Waals surface area contributed by atoms with Crippen molar-refractivity contribution in [3.63, 3.8) is 0 Å². The second-order valence-electron chi connectivity index (χ2n) is 4.77. The summed E-state index contributed by atoms with van der Waals surface area (Å²) in [5.41, 5.74) is 0.930. The van der Waals surface area contributed by atoms with Gasteiger partial charge in [-0.2, -0.15) is 0 Å². The van der Waals surface area contributed by atoms with Crippen molar-refractivity contribution in [1.29, 1.82) is 0 Å². The van der Waals surface area contributed by atoms with Gasteiger partial charge in [-0.15, -0.1) is 0 Å². The molecule has 19 heavy (non-hydrogen) atoms. The molecule has 2 aromatic rings. The average Bonchev–Trinajstić information content (AvgIpc) is 2.88. The van der Waals surface area contributed by atoms with Gasteiger partial charge in [-0.3, -0.25) is 0 Å². The summed E-state index contributed by atoms with van der Waals surface area (Å²) in [6.45, 7) is 1.71. The van der Waals surface area contributed by atoms with Crippen molar-refractivity contribution in [2.45, 2.75) is 12.5 Å². The van der Waals surface area contributed by atoms with Crippen molar-refractivity contribution < 1.29 is 9.13 Å². The van der Waals surface area contributed by atoms with Crippen LogP contribution >= 0.6 is 0 Å². The maximum Gasteiger partial charge on any atom is 0.125 e. The number of benzene rings is 2. The minimum atomic E-state index is -0.190. The monoisotopic (exact) mass is 257 g/mol. The van der Waals surface area contributed by atoms with E-state index < -0.39 is 0 Å². The van der Waals surface area contributed by atoms with Gasteiger partial charge in [-0.1, -0.05) is 24.3 Å². The number of rotatable bonds is 3. The molecular weight excluding hydrogens is 241 g/mol. The molecule has 0 aromatic heterocycles. The molecule has 1 atom stereocenters. The van der Waals surface area contributed by atoms with E-state index in [4.69, 9.17) is 4.74 Å². The molecule has 1 fully saturated rings. The zero-order valence-corrected chi connectivity index (χ0v) is 10.6. The molecule has 2 nitrogen and oxygen atoms in total. The third-order valence-corrected chi connectivity index (χ3v) is 3.36. The van der Waals surface area contributed by atoms with Gasteiger partial charge in [0.2, 0.25) is 0 Å². The van der Waals surface area contributed by atoms with Crippen LogP contribution in [0.15, 0.2) is 54.6 Å². The van der Waals surface area contributed by atoms with Crippen molar-refractivity contribution in [2.75, 3.05) is 18.0 Å². The predicted molar refractivity (Wildman–Crippen MR) is 74.1 cm³/mol. The second-order valence-corrected chi connectivity index (χ2v) is 4.77. The minimum absolute atomic E-state index is 0.172. The molecule has 0 bridgehead atoms. The lowest BCUT2D eigenvalue weighted by molar-refractivity contribution is 0.225. The fourth-order valence-electron chi connectivity index (χ4n) is 2.42. The summed E-state index contributed by atoms with van der Waals surface area (Å²) >= 11 is 0. The Hall–Kier alpha value is -2.03. The van der Waals surface area contributed by atoms with Gasteiger partial charge in [0.25, 0.3) is 0 Å². The number of anilines is 1. The van der Waals surface area contributed by atoms with Gasteiger partial charge in [0.05, 0.1) is 6.54 Å². The molecule has 1 unspecified atom stereocenters. The SMILES string of the molecule is Fc1cccc(N2CCC(Oc3ccccc3)C2)c1. The third-order valence-electron chi connectivity index (χ3n) is 3.36. The molecule has 1 heterocycles. The van der Waals surface area contributed by atoms with Crippen molar-refractivity contribution in [1.82, 2.24) is 0 Å². The number of hydrogen-bond donors (Lipinski definition) is 0. The van der Waals surface area contributed by atoms with Crippen LogP contribution in [0.5, 0.6) is 5.75 Å². The molecule has 98 valence electrons. The van der Waals surface area contributed by atoms with Crippen molar-refractivity contribution >= 4 is 5.69 Å². The molecule has 0 aliphatic carbocycles. The first-order valence-electron chi connectivity index (χ1n) is 6.53. The van der Waals surface area contributed by atoms with E-state index in [-0.39, 0.29) is 11.9 Å². The molecule has 1 aliphatic rings. The van der Waals surface area contributed by atoms with Gasteiger partial charge < -0.3 is 9.64 Å². The zero-order valence-electron chi connectivity index (χ0n) is 10.6. The van der Waals surface area contributed by atoms with Crippen LogP contribution in [0.4, 0.5) is 10.1 Å². The first-order chi connectivity index (χ1) is 9.31. The Morgan fingerprint density at radius 3 is 2.68 bits per heavy atom. The summed E-state index contributed by atoms with van der Waals surface area (Å²) in [6.07, 6.45) is 1.14. The number of hydrogen-bond acceptors (Lipinski definition) is 2. The fraction of sp³-hybridized carbons (Fsp3) is 0.250. The number of para-hydroxylation sites is 1. The van der Waals surface area contributed by atoms with Gasteiger partial charge in [0.15, 0.2) is 0 Å². The van der Waals surface area contributed by atoms with Crippen LogP contribution in [0.1, 0.15) is 6.42 Å². The van der Waals surface area contributed by atoms with E-state index in [0.29, 0.717) is 0 Å². The lowest BCUT2D eigenvalue weighted by Crippen LogP contribution is -2.24. The van der Waals surface area contributed by atoms with Crippen LogP contribution in [0.3, 0.4) is 0 Å². The zero-order chi connectivity index (χ0) is 13.1. The van der Waals surface area contributed by atoms with Crippen LogP contribution in [0.2, 0.25) is 0 Å². The number of nitrogens with zero attached hydrogens (tertiary/aromatic N) is 1. The molecule has 0 saturated carbocycles. The maximum absolute atomic E-state index is 13.2. The van der Waals surface area contributed by atoms with E-state index in [9.17, 15) is 4.39 Å². The third kappa shape index (κ3) is 2.87. The average molecular weight is 257 g/mol. The molecule has 0 amide bonds. The standard InChI is InChI=1S/C16H16FNO/c17-13-5-4-6-14(11-13)18-10-9-16(12-18)19-15-7-2-1-3-8-15/h1-8,11,16H,9-10,12H2. The highest BCUT2D eigenvalue weighted by Gasteiger charge is 2.24. The quantitative estimate of drug-likeness (QED) is 0.834. The van der Waals surface area contributed by atoms with E-state index in [1.54, 1.807) is 12.1 Å². The highest BCUT2D eigenvalue weighted by atomic mass is 19.1. The molecular formula is C16H16FNO. The Balaban J connectivity index is 1.64. The van der Waals surface area contributed by atoms with Crippen LogP contribution in [0, 0.1) is 5.82 Å². The summed E-state index contributed by atoms with van der Waals surface area (Å²) < 4.78 is 19.1. The van der Waals surface area contributed by atoms with Gasteiger partial charge in [-0.25, -0.2) is 4.39 Å². The van der Waals surface area contributed by atoms with Gasteiger partial charge in [-0.05, 0) is 30.3 Å². The lowest BCUT2D eigenvalue weighted by atomic mass is 10.3. The van der Waals surface area contributed by atoms with Gasteiger partial charge >= 0.3 is 0 Å². The molecule has 3 heteroatoms. The van der Waals surface area contributed by atoms with E-state index >= 15 is 0 Å². The van der Waals surface area contributed by atoms with E-state index in [1.165, 1.54) is 6.07 Å². The first kappa shape index (κ1) is 12.0. The van der Waals surface area contributed by atoms with Crippen molar-refractivity contribution in [2.24, 2.45) is 0 Å². The Morgan fingerprint density at radius 2 is 1.89 bits per heavy atom. The second kappa shape index (κ2) is 5.31. The highest BCUT2D eigenvalue weighted by molar-refractivity contribution is 5.47. The molecule has 0 N–H and O–H groups in total. The van der Waals surface area contributed by atoms with Crippen LogP contribution in [-0.4, -0.2) is 19.2 Å². The number of halogens is 1. The molecule has 0 spiro atoms. The summed E-state index contributed by atoms with van der Waals surface area (Å²) in [4.78, 5) is 2.16.